The van der Waals surface area contributed by atoms with E-state index in [1.54, 1.807) is 12.1 Å². The number of benzene rings is 2. The smallest absolute Gasteiger partial charge is 0.254 e. The molecule has 146 valence electrons. The van der Waals surface area contributed by atoms with E-state index in [4.69, 9.17) is 0 Å². The van der Waals surface area contributed by atoms with Crippen LogP contribution < -0.4 is 5.32 Å². The first-order chi connectivity index (χ1) is 13.6. The second kappa shape index (κ2) is 8.10. The number of hydrogen-bond donors (Lipinski definition) is 1. The largest absolute Gasteiger partial charge is 0.351 e. The van der Waals surface area contributed by atoms with Crippen LogP contribution in [0.25, 0.3) is 0 Å². The van der Waals surface area contributed by atoms with Gasteiger partial charge in [-0.05, 0) is 29.7 Å². The lowest BCUT2D eigenvalue weighted by Gasteiger charge is -2.39. The molecule has 1 N–H and O–H groups in total. The predicted octanol–water partition coefficient (Wildman–Crippen LogP) is 2.04. The van der Waals surface area contributed by atoms with Crippen LogP contribution in [0.15, 0.2) is 48.5 Å². The van der Waals surface area contributed by atoms with Crippen molar-refractivity contribution < 1.29 is 14.0 Å². The van der Waals surface area contributed by atoms with Crippen LogP contribution in [-0.4, -0.2) is 60.9 Å². The van der Waals surface area contributed by atoms with E-state index in [1.807, 2.05) is 17.0 Å². The zero-order valence-electron chi connectivity index (χ0n) is 15.7. The van der Waals surface area contributed by atoms with Crippen molar-refractivity contribution in [3.8, 4) is 0 Å². The molecule has 0 bridgehead atoms. The number of halogens is 1. The van der Waals surface area contributed by atoms with Gasteiger partial charge in [0.1, 0.15) is 5.82 Å². The lowest BCUT2D eigenvalue weighted by molar-refractivity contribution is -0.135. The molecule has 0 aromatic heterocycles. The van der Waals surface area contributed by atoms with Crippen LogP contribution >= 0.6 is 0 Å². The monoisotopic (exact) mass is 381 g/mol. The molecule has 2 amide bonds. The molecular formula is C22H24FN3O2. The van der Waals surface area contributed by atoms with E-state index in [1.165, 1.54) is 23.3 Å². The predicted molar refractivity (Wildman–Crippen MR) is 105 cm³/mol. The zero-order valence-corrected chi connectivity index (χ0v) is 15.7. The molecule has 2 aromatic carbocycles. The minimum Gasteiger partial charge on any atom is -0.351 e. The molecule has 5 nitrogen and oxygen atoms in total. The van der Waals surface area contributed by atoms with Gasteiger partial charge in [-0.15, -0.1) is 0 Å². The molecule has 1 atom stereocenters. The van der Waals surface area contributed by atoms with Gasteiger partial charge in [0.05, 0.1) is 11.5 Å². The number of carbonyl (C=O) groups is 2. The maximum atomic E-state index is 13.6. The molecule has 2 aliphatic rings. The van der Waals surface area contributed by atoms with Gasteiger partial charge >= 0.3 is 0 Å². The standard InChI is InChI=1S/C22H24FN3O2/c23-20-8-4-3-7-18(20)21(27)24-9-10-25-11-13-26(14-12-25)22(28)19-15-16-5-1-2-6-17(16)19/h1-8,19H,9-15H2,(H,24,27). The van der Waals surface area contributed by atoms with E-state index in [0.29, 0.717) is 26.2 Å². The van der Waals surface area contributed by atoms with Gasteiger partial charge in [-0.25, -0.2) is 4.39 Å². The quantitative estimate of drug-likeness (QED) is 0.862. The Labute approximate surface area is 164 Å². The van der Waals surface area contributed by atoms with Crippen LogP contribution in [0.2, 0.25) is 0 Å². The Hall–Kier alpha value is -2.73. The van der Waals surface area contributed by atoms with E-state index < -0.39 is 11.7 Å². The van der Waals surface area contributed by atoms with E-state index in [0.717, 1.165) is 19.5 Å². The summed E-state index contributed by atoms with van der Waals surface area (Å²) in [6.07, 6.45) is 0.845. The summed E-state index contributed by atoms with van der Waals surface area (Å²) in [5.74, 6) is -0.658. The lowest BCUT2D eigenvalue weighted by Crippen LogP contribution is -2.52. The van der Waals surface area contributed by atoms with Crippen molar-refractivity contribution >= 4 is 11.8 Å². The van der Waals surface area contributed by atoms with E-state index in [2.05, 4.69) is 22.3 Å². The fourth-order valence-corrected chi connectivity index (χ4v) is 3.96. The van der Waals surface area contributed by atoms with Gasteiger partial charge in [-0.1, -0.05) is 36.4 Å². The average Bonchev–Trinajstić information content (AvgIpc) is 2.69. The molecule has 1 fully saturated rings. The summed E-state index contributed by atoms with van der Waals surface area (Å²) in [6, 6.07) is 14.1. The first kappa shape index (κ1) is 18.6. The summed E-state index contributed by atoms with van der Waals surface area (Å²) in [5.41, 5.74) is 2.52. The molecule has 6 heteroatoms. The van der Waals surface area contributed by atoms with Crippen LogP contribution in [0, 0.1) is 5.82 Å². The Morgan fingerprint density at radius 3 is 2.46 bits per heavy atom. The molecular weight excluding hydrogens is 357 g/mol. The highest BCUT2D eigenvalue weighted by Crippen LogP contribution is 2.36. The number of piperazine rings is 1. The second-order valence-corrected chi connectivity index (χ2v) is 7.36. The Balaban J connectivity index is 1.20. The fraction of sp³-hybridized carbons (Fsp3) is 0.364. The summed E-state index contributed by atoms with van der Waals surface area (Å²) >= 11 is 0. The van der Waals surface area contributed by atoms with E-state index >= 15 is 0 Å². The van der Waals surface area contributed by atoms with Crippen molar-refractivity contribution in [3.05, 3.63) is 71.0 Å². The molecule has 1 aliphatic heterocycles. The molecule has 1 saturated heterocycles. The first-order valence-electron chi connectivity index (χ1n) is 9.75. The molecule has 0 saturated carbocycles. The summed E-state index contributed by atoms with van der Waals surface area (Å²) < 4.78 is 13.6. The van der Waals surface area contributed by atoms with Crippen LogP contribution in [0.3, 0.4) is 0 Å². The van der Waals surface area contributed by atoms with Gasteiger partial charge in [0, 0.05) is 39.3 Å². The highest BCUT2D eigenvalue weighted by molar-refractivity contribution is 5.94. The minimum atomic E-state index is -0.510. The van der Waals surface area contributed by atoms with Gasteiger partial charge in [0.2, 0.25) is 5.91 Å². The van der Waals surface area contributed by atoms with Crippen LogP contribution in [0.5, 0.6) is 0 Å². The summed E-state index contributed by atoms with van der Waals surface area (Å²) in [5, 5.41) is 2.77. The normalized spacial score (nSPS) is 18.9. The van der Waals surface area contributed by atoms with Crippen LogP contribution in [0.4, 0.5) is 4.39 Å². The van der Waals surface area contributed by atoms with Crippen molar-refractivity contribution in [2.45, 2.75) is 12.3 Å². The Morgan fingerprint density at radius 2 is 1.71 bits per heavy atom. The van der Waals surface area contributed by atoms with Crippen LogP contribution in [0.1, 0.15) is 27.4 Å². The molecule has 1 unspecified atom stereocenters. The van der Waals surface area contributed by atoms with Crippen molar-refractivity contribution in [1.82, 2.24) is 15.1 Å². The summed E-state index contributed by atoms with van der Waals surface area (Å²) in [4.78, 5) is 29.0. The fourth-order valence-electron chi connectivity index (χ4n) is 3.96. The molecule has 1 aliphatic carbocycles. The third-order valence-corrected chi connectivity index (χ3v) is 5.67. The Kier molecular flexibility index (Phi) is 5.39. The molecule has 0 spiro atoms. The topological polar surface area (TPSA) is 52.7 Å². The third-order valence-electron chi connectivity index (χ3n) is 5.67. The Bertz CT molecular complexity index is 878. The van der Waals surface area contributed by atoms with Crippen molar-refractivity contribution in [2.24, 2.45) is 0 Å². The third kappa shape index (κ3) is 3.78. The van der Waals surface area contributed by atoms with Crippen molar-refractivity contribution in [1.29, 1.82) is 0 Å². The lowest BCUT2D eigenvalue weighted by atomic mass is 9.77. The number of amides is 2. The number of nitrogens with zero attached hydrogens (tertiary/aromatic N) is 2. The number of hydrogen-bond acceptors (Lipinski definition) is 3. The molecule has 2 aromatic rings. The average molecular weight is 381 g/mol. The summed E-state index contributed by atoms with van der Waals surface area (Å²) in [6.45, 7) is 4.13. The molecule has 0 radical (unpaired) electrons. The number of fused-ring (bicyclic) bond motifs is 1. The van der Waals surface area contributed by atoms with Gasteiger partial charge in [0.15, 0.2) is 0 Å². The highest BCUT2D eigenvalue weighted by Gasteiger charge is 2.35. The Morgan fingerprint density at radius 1 is 1.00 bits per heavy atom. The maximum Gasteiger partial charge on any atom is 0.254 e. The molecule has 28 heavy (non-hydrogen) atoms. The minimum absolute atomic E-state index is 0.0165. The van der Waals surface area contributed by atoms with Crippen molar-refractivity contribution in [3.63, 3.8) is 0 Å². The van der Waals surface area contributed by atoms with Gasteiger partial charge in [0.25, 0.3) is 5.91 Å². The number of carbonyl (C=O) groups excluding carboxylic acids is 2. The maximum absolute atomic E-state index is 13.6. The van der Waals surface area contributed by atoms with Gasteiger partial charge < -0.3 is 10.2 Å². The van der Waals surface area contributed by atoms with Gasteiger partial charge in [-0.3, -0.25) is 14.5 Å². The zero-order chi connectivity index (χ0) is 19.5. The molecule has 4 rings (SSSR count). The highest BCUT2D eigenvalue weighted by atomic mass is 19.1. The number of nitrogens with one attached hydrogen (secondary N) is 1. The molecule has 1 heterocycles. The van der Waals surface area contributed by atoms with Crippen LogP contribution in [-0.2, 0) is 11.2 Å². The van der Waals surface area contributed by atoms with E-state index in [9.17, 15) is 14.0 Å². The summed E-state index contributed by atoms with van der Waals surface area (Å²) in [7, 11) is 0. The first-order valence-corrected chi connectivity index (χ1v) is 9.75. The van der Waals surface area contributed by atoms with E-state index in [-0.39, 0.29) is 17.4 Å². The second-order valence-electron chi connectivity index (χ2n) is 7.36. The SMILES string of the molecule is O=C(NCCN1CCN(C(=O)C2Cc3ccccc32)CC1)c1ccccc1F. The number of rotatable bonds is 5. The van der Waals surface area contributed by atoms with Crippen molar-refractivity contribution in [2.75, 3.05) is 39.3 Å². The van der Waals surface area contributed by atoms with Gasteiger partial charge in [-0.2, -0.15) is 0 Å².